The predicted octanol–water partition coefficient (Wildman–Crippen LogP) is 8.05. The summed E-state index contributed by atoms with van der Waals surface area (Å²) in [7, 11) is 0. The molecule has 0 aliphatic carbocycles. The van der Waals surface area contributed by atoms with Crippen LogP contribution in [0.2, 0.25) is 0 Å². The zero-order valence-corrected chi connectivity index (χ0v) is 20.7. The lowest BCUT2D eigenvalue weighted by Crippen LogP contribution is -2.08. The van der Waals surface area contributed by atoms with Gasteiger partial charge in [0.15, 0.2) is 0 Å². The summed E-state index contributed by atoms with van der Waals surface area (Å²) in [5, 5.41) is 0. The summed E-state index contributed by atoms with van der Waals surface area (Å²) >= 11 is 0. The number of esters is 2. The zero-order chi connectivity index (χ0) is 23.3. The van der Waals surface area contributed by atoms with Crippen molar-refractivity contribution in [1.82, 2.24) is 0 Å². The van der Waals surface area contributed by atoms with Crippen LogP contribution in [-0.2, 0) is 32.3 Å². The van der Waals surface area contributed by atoms with Crippen molar-refractivity contribution >= 4 is 11.9 Å². The average Bonchev–Trinajstić information content (AvgIpc) is 2.80. The van der Waals surface area contributed by atoms with Crippen molar-refractivity contribution < 1.29 is 19.1 Å². The molecule has 0 aromatic heterocycles. The Morgan fingerprint density at radius 2 is 0.906 bits per heavy atom. The molecular formula is C28H46O4. The molecule has 0 radical (unpaired) electrons. The molecule has 0 saturated carbocycles. The molecule has 1 aromatic rings. The van der Waals surface area contributed by atoms with E-state index in [4.69, 9.17) is 9.47 Å². The largest absolute Gasteiger partial charge is 0.461 e. The average molecular weight is 447 g/mol. The van der Waals surface area contributed by atoms with Gasteiger partial charge in [-0.25, -0.2) is 0 Å². The second kappa shape index (κ2) is 19.8. The van der Waals surface area contributed by atoms with Crippen molar-refractivity contribution in [2.45, 2.75) is 130 Å². The lowest BCUT2D eigenvalue weighted by Gasteiger charge is -2.11. The van der Waals surface area contributed by atoms with Gasteiger partial charge in [-0.3, -0.25) is 9.59 Å². The molecule has 0 amide bonds. The lowest BCUT2D eigenvalue weighted by molar-refractivity contribution is -0.146. The minimum absolute atomic E-state index is 0.149. The maximum Gasteiger partial charge on any atom is 0.306 e. The Kier molecular flexibility index (Phi) is 17.5. The van der Waals surface area contributed by atoms with Crippen LogP contribution in [0.25, 0.3) is 0 Å². The third-order valence-corrected chi connectivity index (χ3v) is 5.86. The van der Waals surface area contributed by atoms with Crippen molar-refractivity contribution in [2.24, 2.45) is 0 Å². The van der Waals surface area contributed by atoms with Crippen molar-refractivity contribution in [2.75, 3.05) is 0 Å². The molecule has 0 heterocycles. The van der Waals surface area contributed by atoms with E-state index in [0.717, 1.165) is 36.8 Å². The Labute approximate surface area is 196 Å². The number of rotatable bonds is 20. The highest BCUT2D eigenvalue weighted by Crippen LogP contribution is 2.15. The van der Waals surface area contributed by atoms with Gasteiger partial charge in [-0.15, -0.1) is 0 Å². The van der Waals surface area contributed by atoms with Gasteiger partial charge in [-0.05, 0) is 24.0 Å². The number of hydrogen-bond acceptors (Lipinski definition) is 4. The van der Waals surface area contributed by atoms with Gasteiger partial charge in [0.05, 0.1) is 0 Å². The Hall–Kier alpha value is -1.84. The minimum Gasteiger partial charge on any atom is -0.461 e. The summed E-state index contributed by atoms with van der Waals surface area (Å²) in [6.45, 7) is 4.91. The summed E-state index contributed by atoms with van der Waals surface area (Å²) in [6.07, 6.45) is 17.5. The Morgan fingerprint density at radius 1 is 0.562 bits per heavy atom. The fraction of sp³-hybridized carbons (Fsp3) is 0.714. The van der Waals surface area contributed by atoms with Gasteiger partial charge >= 0.3 is 11.9 Å². The molecule has 0 N–H and O–H groups in total. The molecule has 0 atom stereocenters. The molecular weight excluding hydrogens is 400 g/mol. The van der Waals surface area contributed by atoms with Gasteiger partial charge in [0, 0.05) is 12.8 Å². The molecule has 0 unspecified atom stereocenters. The summed E-state index contributed by atoms with van der Waals surface area (Å²) < 4.78 is 10.9. The number of ether oxygens (including phenoxy) is 2. The predicted molar refractivity (Wildman–Crippen MR) is 131 cm³/mol. The van der Waals surface area contributed by atoms with E-state index >= 15 is 0 Å². The van der Waals surface area contributed by atoms with Crippen LogP contribution in [0.15, 0.2) is 24.3 Å². The maximum atomic E-state index is 12.1. The molecule has 4 heteroatoms. The highest BCUT2D eigenvalue weighted by atomic mass is 16.5. The Balaban J connectivity index is 2.20. The molecule has 4 nitrogen and oxygen atoms in total. The fourth-order valence-corrected chi connectivity index (χ4v) is 3.75. The molecule has 32 heavy (non-hydrogen) atoms. The third-order valence-electron chi connectivity index (χ3n) is 5.86. The smallest absolute Gasteiger partial charge is 0.306 e. The van der Waals surface area contributed by atoms with Crippen LogP contribution in [-0.4, -0.2) is 11.9 Å². The first-order chi connectivity index (χ1) is 15.7. The molecule has 0 aliphatic rings. The van der Waals surface area contributed by atoms with Crippen LogP contribution in [0, 0.1) is 0 Å². The second-order valence-corrected chi connectivity index (χ2v) is 8.83. The first-order valence-electron chi connectivity index (χ1n) is 13.0. The highest BCUT2D eigenvalue weighted by Gasteiger charge is 2.09. The molecule has 0 fully saturated rings. The van der Waals surface area contributed by atoms with Crippen LogP contribution < -0.4 is 0 Å². The summed E-state index contributed by atoms with van der Waals surface area (Å²) in [4.78, 5) is 24.1. The maximum absolute atomic E-state index is 12.1. The number of carbonyl (C=O) groups excluding carboxylic acids is 2. The van der Waals surface area contributed by atoms with Crippen molar-refractivity contribution in [3.05, 3.63) is 35.4 Å². The Morgan fingerprint density at radius 3 is 1.28 bits per heavy atom. The molecule has 182 valence electrons. The van der Waals surface area contributed by atoms with E-state index in [1.54, 1.807) is 0 Å². The first kappa shape index (κ1) is 28.2. The molecule has 0 saturated heterocycles. The van der Waals surface area contributed by atoms with Crippen LogP contribution in [0.1, 0.15) is 128 Å². The van der Waals surface area contributed by atoms with Gasteiger partial charge < -0.3 is 9.47 Å². The first-order valence-corrected chi connectivity index (χ1v) is 13.0. The summed E-state index contributed by atoms with van der Waals surface area (Å²) in [5.74, 6) is -0.298. The van der Waals surface area contributed by atoms with E-state index in [1.807, 2.05) is 24.3 Å². The quantitative estimate of drug-likeness (QED) is 0.150. The van der Waals surface area contributed by atoms with E-state index in [1.165, 1.54) is 64.2 Å². The molecule has 0 bridgehead atoms. The van der Waals surface area contributed by atoms with Gasteiger partial charge in [0.25, 0.3) is 0 Å². The summed E-state index contributed by atoms with van der Waals surface area (Å²) in [6, 6.07) is 7.70. The SMILES string of the molecule is CCCCCCCCCC(=O)OCc1ccccc1COC(=O)CCCCCCCCC. The molecule has 1 aromatic carbocycles. The fourth-order valence-electron chi connectivity index (χ4n) is 3.75. The van der Waals surface area contributed by atoms with Gasteiger partial charge in [0.1, 0.15) is 13.2 Å². The monoisotopic (exact) mass is 446 g/mol. The molecule has 1 rings (SSSR count). The second-order valence-electron chi connectivity index (χ2n) is 8.83. The molecule has 0 aliphatic heterocycles. The van der Waals surface area contributed by atoms with Crippen LogP contribution in [0.5, 0.6) is 0 Å². The zero-order valence-electron chi connectivity index (χ0n) is 20.7. The van der Waals surface area contributed by atoms with Crippen molar-refractivity contribution in [3.63, 3.8) is 0 Å². The number of hydrogen-bond donors (Lipinski definition) is 0. The molecule has 0 spiro atoms. The third kappa shape index (κ3) is 15.0. The van der Waals surface area contributed by atoms with Gasteiger partial charge in [0.2, 0.25) is 0 Å². The Bertz CT molecular complexity index is 558. The highest BCUT2D eigenvalue weighted by molar-refractivity contribution is 5.69. The van der Waals surface area contributed by atoms with Crippen molar-refractivity contribution in [3.8, 4) is 0 Å². The van der Waals surface area contributed by atoms with E-state index in [-0.39, 0.29) is 25.2 Å². The van der Waals surface area contributed by atoms with Crippen LogP contribution in [0.3, 0.4) is 0 Å². The number of benzene rings is 1. The normalized spacial score (nSPS) is 10.8. The van der Waals surface area contributed by atoms with E-state index < -0.39 is 0 Å². The van der Waals surface area contributed by atoms with E-state index in [9.17, 15) is 9.59 Å². The summed E-state index contributed by atoms with van der Waals surface area (Å²) in [5.41, 5.74) is 1.81. The van der Waals surface area contributed by atoms with Gasteiger partial charge in [-0.2, -0.15) is 0 Å². The van der Waals surface area contributed by atoms with Crippen LogP contribution in [0.4, 0.5) is 0 Å². The van der Waals surface area contributed by atoms with Gasteiger partial charge in [-0.1, -0.05) is 115 Å². The minimum atomic E-state index is -0.149. The number of unbranched alkanes of at least 4 members (excludes halogenated alkanes) is 12. The van der Waals surface area contributed by atoms with E-state index in [0.29, 0.717) is 12.8 Å². The number of carbonyl (C=O) groups is 2. The lowest BCUT2D eigenvalue weighted by atomic mass is 10.1. The van der Waals surface area contributed by atoms with E-state index in [2.05, 4.69) is 13.8 Å². The van der Waals surface area contributed by atoms with Crippen molar-refractivity contribution in [1.29, 1.82) is 0 Å². The standard InChI is InChI=1S/C28H46O4/c1-3-5-7-9-11-13-15-21-27(29)31-23-25-19-17-18-20-26(25)24-32-28(30)22-16-14-12-10-8-6-4-2/h17-20H,3-16,21-24H2,1-2H3. The van der Waals surface area contributed by atoms with Crippen LogP contribution >= 0.6 is 0 Å². The topological polar surface area (TPSA) is 52.6 Å².